The van der Waals surface area contributed by atoms with E-state index in [2.05, 4.69) is 26.5 Å². The van der Waals surface area contributed by atoms with E-state index in [1.54, 1.807) is 22.3 Å². The molecule has 7 heteroatoms. The van der Waals surface area contributed by atoms with Crippen molar-refractivity contribution in [2.75, 3.05) is 7.05 Å². The van der Waals surface area contributed by atoms with E-state index in [-0.39, 0.29) is 6.17 Å². The van der Waals surface area contributed by atoms with E-state index in [0.717, 1.165) is 16.5 Å². The summed E-state index contributed by atoms with van der Waals surface area (Å²) in [6.45, 7) is 0. The molecule has 0 aliphatic carbocycles. The van der Waals surface area contributed by atoms with Gasteiger partial charge in [0, 0.05) is 18.9 Å². The molecule has 0 saturated heterocycles. The zero-order valence-electron chi connectivity index (χ0n) is 11.4. The standard InChI is InChI=1S/C14H13FN6/c1-20-14(21-13(19-20)5-4-12(15)18-21)7-9-2-3-11-10(6-9)8-16-17-11/h2-6,8,14H,7H2,1H3,(H,16,17). The molecule has 2 aromatic rings. The monoisotopic (exact) mass is 284 g/mol. The summed E-state index contributed by atoms with van der Waals surface area (Å²) in [5.41, 5.74) is 2.13. The second-order valence-corrected chi connectivity index (χ2v) is 5.11. The maximum absolute atomic E-state index is 13.4. The number of nitrogens with one attached hydrogen (secondary N) is 1. The number of halogens is 1. The Morgan fingerprint density at radius 2 is 2.19 bits per heavy atom. The van der Waals surface area contributed by atoms with Gasteiger partial charge in [0.05, 0.1) is 11.7 Å². The smallest absolute Gasteiger partial charge is 0.231 e. The molecule has 1 N–H and O–H groups in total. The molecule has 106 valence electrons. The topological polar surface area (TPSA) is 59.9 Å². The molecule has 1 unspecified atom stereocenters. The van der Waals surface area contributed by atoms with Gasteiger partial charge in [0.2, 0.25) is 5.97 Å². The lowest BCUT2D eigenvalue weighted by molar-refractivity contribution is 0.161. The minimum Gasteiger partial charge on any atom is -0.278 e. The van der Waals surface area contributed by atoms with Crippen molar-refractivity contribution in [2.45, 2.75) is 12.6 Å². The van der Waals surface area contributed by atoms with Crippen molar-refractivity contribution in [1.82, 2.24) is 20.2 Å². The Labute approximate surface area is 120 Å². The Balaban J connectivity index is 1.63. The molecule has 1 aromatic heterocycles. The van der Waals surface area contributed by atoms with Gasteiger partial charge in [-0.3, -0.25) is 10.1 Å². The molecule has 21 heavy (non-hydrogen) atoms. The van der Waals surface area contributed by atoms with Gasteiger partial charge in [-0.15, -0.1) is 5.10 Å². The highest BCUT2D eigenvalue weighted by atomic mass is 19.1. The Kier molecular flexibility index (Phi) is 2.53. The van der Waals surface area contributed by atoms with Gasteiger partial charge >= 0.3 is 0 Å². The van der Waals surface area contributed by atoms with Crippen molar-refractivity contribution >= 4 is 22.7 Å². The van der Waals surface area contributed by atoms with Crippen LogP contribution in [0.15, 0.2) is 46.8 Å². The van der Waals surface area contributed by atoms with Gasteiger partial charge in [-0.05, 0) is 29.8 Å². The highest BCUT2D eigenvalue weighted by molar-refractivity contribution is 6.03. The number of hydrogen-bond donors (Lipinski definition) is 1. The number of benzene rings is 1. The summed E-state index contributed by atoms with van der Waals surface area (Å²) in [5.74, 6) is 0.160. The number of hydrogen-bond acceptors (Lipinski definition) is 5. The molecule has 0 fully saturated rings. The number of aromatic amines is 1. The van der Waals surface area contributed by atoms with Crippen LogP contribution in [-0.4, -0.2) is 45.2 Å². The average Bonchev–Trinajstić information content (AvgIpc) is 3.04. The van der Waals surface area contributed by atoms with Crippen molar-refractivity contribution in [3.8, 4) is 0 Å². The van der Waals surface area contributed by atoms with E-state index in [4.69, 9.17) is 0 Å². The molecule has 6 nitrogen and oxygen atoms in total. The van der Waals surface area contributed by atoms with Crippen LogP contribution in [0.2, 0.25) is 0 Å². The first-order chi connectivity index (χ1) is 10.2. The minimum atomic E-state index is -0.500. The van der Waals surface area contributed by atoms with Crippen molar-refractivity contribution in [1.29, 1.82) is 0 Å². The largest absolute Gasteiger partial charge is 0.278 e. The maximum Gasteiger partial charge on any atom is 0.231 e. The van der Waals surface area contributed by atoms with E-state index >= 15 is 0 Å². The quantitative estimate of drug-likeness (QED) is 0.915. The number of H-pyrrole nitrogens is 1. The lowest BCUT2D eigenvalue weighted by Gasteiger charge is -2.26. The number of rotatable bonds is 2. The Bertz CT molecular complexity index is 790. The lowest BCUT2D eigenvalue weighted by atomic mass is 10.1. The van der Waals surface area contributed by atoms with Crippen LogP contribution in [0.4, 0.5) is 4.39 Å². The average molecular weight is 284 g/mol. The van der Waals surface area contributed by atoms with Crippen molar-refractivity contribution < 1.29 is 4.39 Å². The SMILES string of the molecule is CN1N=C2C=CC(F)=NN2C1Cc1ccc2[nH]ncc2c1. The summed E-state index contributed by atoms with van der Waals surface area (Å²) in [5, 5.41) is 19.7. The zero-order valence-corrected chi connectivity index (χ0v) is 11.4. The van der Waals surface area contributed by atoms with Crippen molar-refractivity contribution in [3.63, 3.8) is 0 Å². The Morgan fingerprint density at radius 1 is 1.29 bits per heavy atom. The van der Waals surface area contributed by atoms with Gasteiger partial charge in [0.1, 0.15) is 6.17 Å². The van der Waals surface area contributed by atoms with E-state index in [1.165, 1.54) is 6.08 Å². The number of aromatic nitrogens is 2. The molecule has 0 spiro atoms. The van der Waals surface area contributed by atoms with E-state index in [0.29, 0.717) is 12.3 Å². The summed E-state index contributed by atoms with van der Waals surface area (Å²) in [6.07, 6.45) is 5.32. The molecule has 1 atom stereocenters. The summed E-state index contributed by atoms with van der Waals surface area (Å²) < 4.78 is 13.4. The van der Waals surface area contributed by atoms with Gasteiger partial charge in [-0.2, -0.15) is 14.6 Å². The molecule has 1 aromatic carbocycles. The first-order valence-electron chi connectivity index (χ1n) is 6.65. The van der Waals surface area contributed by atoms with Crippen LogP contribution in [0.25, 0.3) is 10.9 Å². The third-order valence-electron chi connectivity index (χ3n) is 3.70. The Hall–Kier alpha value is -2.70. The normalized spacial score (nSPS) is 20.8. The lowest BCUT2D eigenvalue weighted by Crippen LogP contribution is -2.40. The summed E-state index contributed by atoms with van der Waals surface area (Å²) >= 11 is 0. The van der Waals surface area contributed by atoms with Crippen LogP contribution in [0, 0.1) is 0 Å². The molecule has 3 heterocycles. The van der Waals surface area contributed by atoms with Crippen molar-refractivity contribution in [3.05, 3.63) is 42.1 Å². The fraction of sp³-hybridized carbons (Fsp3) is 0.214. The number of likely N-dealkylation sites (N-methyl/N-ethyl adjacent to an activating group) is 1. The highest BCUT2D eigenvalue weighted by Crippen LogP contribution is 2.24. The van der Waals surface area contributed by atoms with E-state index in [1.807, 2.05) is 19.2 Å². The summed E-state index contributed by atoms with van der Waals surface area (Å²) in [6, 6.07) is 6.10. The number of fused-ring (bicyclic) bond motifs is 2. The second-order valence-electron chi connectivity index (χ2n) is 5.11. The first kappa shape index (κ1) is 12.1. The molecule has 0 amide bonds. The summed E-state index contributed by atoms with van der Waals surface area (Å²) in [7, 11) is 1.87. The second kappa shape index (κ2) is 4.41. The van der Waals surface area contributed by atoms with Gasteiger partial charge in [0.15, 0.2) is 5.84 Å². The van der Waals surface area contributed by atoms with Crippen LogP contribution < -0.4 is 0 Å². The maximum atomic E-state index is 13.4. The van der Waals surface area contributed by atoms with Crippen LogP contribution in [0.3, 0.4) is 0 Å². The van der Waals surface area contributed by atoms with Crippen LogP contribution in [0.1, 0.15) is 5.56 Å². The number of amidine groups is 1. The molecule has 2 aliphatic rings. The first-order valence-corrected chi connectivity index (χ1v) is 6.65. The van der Waals surface area contributed by atoms with Crippen LogP contribution in [-0.2, 0) is 6.42 Å². The van der Waals surface area contributed by atoms with Crippen molar-refractivity contribution in [2.24, 2.45) is 10.2 Å². The zero-order chi connectivity index (χ0) is 14.4. The van der Waals surface area contributed by atoms with Crippen LogP contribution in [0.5, 0.6) is 0 Å². The number of nitrogens with zero attached hydrogens (tertiary/aromatic N) is 5. The third-order valence-corrected chi connectivity index (χ3v) is 3.70. The predicted molar refractivity (Wildman–Crippen MR) is 78.3 cm³/mol. The molecule has 0 bridgehead atoms. The summed E-state index contributed by atoms with van der Waals surface area (Å²) in [4.78, 5) is 0. The fourth-order valence-electron chi connectivity index (χ4n) is 2.64. The predicted octanol–water partition coefficient (Wildman–Crippen LogP) is 1.85. The minimum absolute atomic E-state index is 0.125. The number of hydrazone groups is 2. The Morgan fingerprint density at radius 3 is 3.10 bits per heavy atom. The fourth-order valence-corrected chi connectivity index (χ4v) is 2.64. The van der Waals surface area contributed by atoms with Crippen LogP contribution >= 0.6 is 0 Å². The molecular formula is C14H13FN6. The number of allylic oxidation sites excluding steroid dienone is 1. The highest BCUT2D eigenvalue weighted by Gasteiger charge is 2.33. The van der Waals surface area contributed by atoms with Gasteiger partial charge in [-0.1, -0.05) is 6.07 Å². The molecule has 0 saturated carbocycles. The molecule has 0 radical (unpaired) electrons. The van der Waals surface area contributed by atoms with Gasteiger partial charge in [0.25, 0.3) is 0 Å². The molecule has 2 aliphatic heterocycles. The third kappa shape index (κ3) is 1.97. The van der Waals surface area contributed by atoms with Gasteiger partial charge in [-0.25, -0.2) is 5.01 Å². The van der Waals surface area contributed by atoms with Gasteiger partial charge < -0.3 is 0 Å². The molecular weight excluding hydrogens is 271 g/mol. The molecule has 4 rings (SSSR count). The van der Waals surface area contributed by atoms with E-state index < -0.39 is 5.97 Å². The van der Waals surface area contributed by atoms with E-state index in [9.17, 15) is 4.39 Å².